The van der Waals surface area contributed by atoms with Crippen LogP contribution in [-0.2, 0) is 15.1 Å². The highest BCUT2D eigenvalue weighted by molar-refractivity contribution is 5.79. The summed E-state index contributed by atoms with van der Waals surface area (Å²) in [6.07, 6.45) is -0.785. The van der Waals surface area contributed by atoms with Crippen molar-refractivity contribution in [3.05, 3.63) is 89.2 Å². The topological polar surface area (TPSA) is 68.2 Å². The minimum Gasteiger partial charge on any atom is -0.448 e. The number of carbonyl (C=O) groups excluding carboxylic acids is 1. The zero-order valence-corrected chi connectivity index (χ0v) is 20.4. The first-order valence-electron chi connectivity index (χ1n) is 12.5. The van der Waals surface area contributed by atoms with Gasteiger partial charge in [0.2, 0.25) is 0 Å². The van der Waals surface area contributed by atoms with Crippen LogP contribution in [0.2, 0.25) is 0 Å². The fourth-order valence-corrected chi connectivity index (χ4v) is 6.30. The molecule has 2 heterocycles. The molecular weight excluding hydrogens is 499 g/mol. The molecule has 6 nitrogen and oxygen atoms in total. The van der Waals surface area contributed by atoms with Gasteiger partial charge in [-0.3, -0.25) is 4.90 Å². The molecule has 3 aromatic carbocycles. The second-order valence-corrected chi connectivity index (χ2v) is 9.99. The van der Waals surface area contributed by atoms with Gasteiger partial charge >= 0.3 is 12.7 Å². The molecule has 0 spiro atoms. The molecule has 2 unspecified atom stereocenters. The van der Waals surface area contributed by atoms with E-state index in [0.717, 1.165) is 28.3 Å². The van der Waals surface area contributed by atoms with Crippen LogP contribution in [-0.4, -0.2) is 54.6 Å². The largest absolute Gasteiger partial charge is 0.448 e. The zero-order chi connectivity index (χ0) is 26.4. The van der Waals surface area contributed by atoms with Crippen molar-refractivity contribution >= 4 is 6.09 Å². The molecule has 0 saturated carbocycles. The monoisotopic (exact) mass is 525 g/mol. The summed E-state index contributed by atoms with van der Waals surface area (Å²) in [4.78, 5) is 14.9. The Hall–Kier alpha value is -3.56. The number of nitrogens with zero attached hydrogens (tertiary/aromatic N) is 1. The predicted octanol–water partition coefficient (Wildman–Crippen LogP) is 5.43. The number of ether oxygens (including phenoxy) is 3. The molecule has 1 N–H and O–H groups in total. The minimum absolute atomic E-state index is 0.0997. The van der Waals surface area contributed by atoms with Gasteiger partial charge in [0.1, 0.15) is 23.8 Å². The molecule has 38 heavy (non-hydrogen) atoms. The maximum atomic E-state index is 14.9. The second-order valence-electron chi connectivity index (χ2n) is 9.99. The Kier molecular flexibility index (Phi) is 6.28. The van der Waals surface area contributed by atoms with Gasteiger partial charge in [-0.2, -0.15) is 8.78 Å². The molecule has 0 radical (unpaired) electrons. The molecular formula is C29H26F3NO5. The van der Waals surface area contributed by atoms with Crippen LogP contribution >= 0.6 is 0 Å². The number of hydrogen-bond acceptors (Lipinski definition) is 5. The van der Waals surface area contributed by atoms with Gasteiger partial charge in [-0.1, -0.05) is 54.6 Å². The van der Waals surface area contributed by atoms with Crippen molar-refractivity contribution in [3.8, 4) is 16.9 Å². The number of halogens is 3. The Morgan fingerprint density at radius 3 is 2.18 bits per heavy atom. The maximum absolute atomic E-state index is 14.9. The average Bonchev–Trinajstić information content (AvgIpc) is 3.20. The molecule has 198 valence electrons. The lowest BCUT2D eigenvalue weighted by Crippen LogP contribution is -2.62. The van der Waals surface area contributed by atoms with Crippen molar-refractivity contribution in [2.75, 3.05) is 19.8 Å². The van der Waals surface area contributed by atoms with Gasteiger partial charge in [-0.05, 0) is 34.4 Å². The fourth-order valence-electron chi connectivity index (χ4n) is 6.30. The molecule has 2 saturated heterocycles. The van der Waals surface area contributed by atoms with Crippen molar-refractivity contribution in [1.82, 2.24) is 4.90 Å². The van der Waals surface area contributed by atoms with E-state index in [1.807, 2.05) is 36.4 Å². The predicted molar refractivity (Wildman–Crippen MR) is 131 cm³/mol. The second kappa shape index (κ2) is 9.63. The molecule has 2 fully saturated rings. The van der Waals surface area contributed by atoms with Gasteiger partial charge in [0.05, 0.1) is 30.9 Å². The van der Waals surface area contributed by atoms with Gasteiger partial charge in [0.25, 0.3) is 0 Å². The van der Waals surface area contributed by atoms with Crippen molar-refractivity contribution in [2.24, 2.45) is 0 Å². The number of fused-ring (bicyclic) bond motifs is 5. The summed E-state index contributed by atoms with van der Waals surface area (Å²) < 4.78 is 56.9. The minimum atomic E-state index is -3.18. The van der Waals surface area contributed by atoms with Gasteiger partial charge in [-0.25, -0.2) is 9.18 Å². The molecule has 0 aromatic heterocycles. The Balaban J connectivity index is 1.22. The Labute approximate surface area is 217 Å². The number of benzene rings is 3. The highest BCUT2D eigenvalue weighted by Gasteiger charge is 2.51. The van der Waals surface area contributed by atoms with Crippen LogP contribution in [0, 0.1) is 5.82 Å². The lowest BCUT2D eigenvalue weighted by atomic mass is 9.76. The molecule has 3 aromatic rings. The first-order chi connectivity index (χ1) is 18.4. The van der Waals surface area contributed by atoms with Crippen molar-refractivity contribution in [1.29, 1.82) is 0 Å². The van der Waals surface area contributed by atoms with E-state index in [0.29, 0.717) is 0 Å². The third kappa shape index (κ3) is 4.19. The van der Waals surface area contributed by atoms with Crippen LogP contribution in [0.15, 0.2) is 66.7 Å². The number of morpholine rings is 1. The summed E-state index contributed by atoms with van der Waals surface area (Å²) in [5, 5.41) is 11.5. The first-order valence-corrected chi connectivity index (χ1v) is 12.5. The highest BCUT2D eigenvalue weighted by atomic mass is 19.3. The highest BCUT2D eigenvalue weighted by Crippen LogP contribution is 2.47. The number of carbonyl (C=O) groups is 1. The molecule has 9 heteroatoms. The zero-order valence-electron chi connectivity index (χ0n) is 20.4. The van der Waals surface area contributed by atoms with E-state index in [4.69, 9.17) is 9.47 Å². The summed E-state index contributed by atoms with van der Waals surface area (Å²) in [7, 11) is 0. The number of piperidine rings is 1. The van der Waals surface area contributed by atoms with Gasteiger partial charge in [-0.15, -0.1) is 0 Å². The Morgan fingerprint density at radius 2 is 1.58 bits per heavy atom. The molecule has 3 aliphatic rings. The molecule has 1 aliphatic carbocycles. The van der Waals surface area contributed by atoms with Crippen LogP contribution in [0.5, 0.6) is 5.75 Å². The summed E-state index contributed by atoms with van der Waals surface area (Å²) in [6, 6.07) is 18.3. The van der Waals surface area contributed by atoms with Gasteiger partial charge in [0.15, 0.2) is 0 Å². The normalized spacial score (nSPS) is 24.2. The lowest BCUT2D eigenvalue weighted by molar-refractivity contribution is -0.139. The van der Waals surface area contributed by atoms with E-state index in [9.17, 15) is 23.1 Å². The van der Waals surface area contributed by atoms with Crippen LogP contribution in [0.25, 0.3) is 11.1 Å². The summed E-state index contributed by atoms with van der Waals surface area (Å²) in [5.41, 5.74) is 2.25. The number of rotatable bonds is 5. The van der Waals surface area contributed by atoms with E-state index >= 15 is 0 Å². The van der Waals surface area contributed by atoms with Crippen LogP contribution in [0.3, 0.4) is 0 Å². The summed E-state index contributed by atoms with van der Waals surface area (Å²) >= 11 is 0. The lowest BCUT2D eigenvalue weighted by Gasteiger charge is -2.51. The van der Waals surface area contributed by atoms with Crippen LogP contribution in [0.4, 0.5) is 18.0 Å². The van der Waals surface area contributed by atoms with E-state index in [-0.39, 0.29) is 44.1 Å². The SMILES string of the molecule is O=C(OCC1c2ccccc2-c2ccccc21)N1C2COCC1CC(O)(c1c(F)cccc1OC(F)F)C2. The van der Waals surface area contributed by atoms with E-state index < -0.39 is 42.0 Å². The van der Waals surface area contributed by atoms with E-state index in [2.05, 4.69) is 16.9 Å². The Bertz CT molecular complexity index is 1310. The third-order valence-electron chi connectivity index (χ3n) is 7.76. The maximum Gasteiger partial charge on any atom is 0.410 e. The quantitative estimate of drug-likeness (QED) is 0.482. The van der Waals surface area contributed by atoms with E-state index in [1.165, 1.54) is 12.1 Å². The standard InChI is InChI=1S/C29H26F3NO5/c30-24-10-5-11-25(38-27(31)32)26(24)29(35)12-17-14-36-15-18(13-29)33(17)28(34)37-16-23-21-8-3-1-6-19(21)20-7-2-4-9-22(20)23/h1-11,17-18,23,27,35H,12-16H2. The van der Waals surface area contributed by atoms with Crippen molar-refractivity contribution in [3.63, 3.8) is 0 Å². The summed E-state index contributed by atoms with van der Waals surface area (Å²) in [6.45, 7) is -2.85. The molecule has 2 bridgehead atoms. The van der Waals surface area contributed by atoms with E-state index in [1.54, 1.807) is 4.90 Å². The average molecular weight is 526 g/mol. The molecule has 1 amide bonds. The Morgan fingerprint density at radius 1 is 0.974 bits per heavy atom. The van der Waals surface area contributed by atoms with Crippen LogP contribution in [0.1, 0.15) is 35.4 Å². The summed E-state index contributed by atoms with van der Waals surface area (Å²) in [5.74, 6) is -1.38. The molecule has 2 atom stereocenters. The molecule has 2 aliphatic heterocycles. The van der Waals surface area contributed by atoms with Crippen LogP contribution < -0.4 is 4.74 Å². The number of alkyl halides is 2. The van der Waals surface area contributed by atoms with Gasteiger partial charge < -0.3 is 19.3 Å². The number of amides is 1. The first kappa shape index (κ1) is 24.8. The van der Waals surface area contributed by atoms with Gasteiger partial charge in [0, 0.05) is 18.8 Å². The number of hydrogen-bond donors (Lipinski definition) is 1. The molecule has 6 rings (SSSR count). The fraction of sp³-hybridized carbons (Fsp3) is 0.345. The third-order valence-corrected chi connectivity index (χ3v) is 7.76. The van der Waals surface area contributed by atoms with Crippen molar-refractivity contribution in [2.45, 2.75) is 43.1 Å². The smallest absolute Gasteiger partial charge is 0.410 e. The number of aliphatic hydroxyl groups is 1. The van der Waals surface area contributed by atoms with Crippen molar-refractivity contribution < 1.29 is 37.3 Å².